The molecule has 1 saturated heterocycles. The van der Waals surface area contributed by atoms with Crippen LogP contribution in [0.4, 0.5) is 0 Å². The van der Waals surface area contributed by atoms with Crippen LogP contribution in [0.3, 0.4) is 0 Å². The third kappa shape index (κ3) is 3.81. The number of hydrogen-bond donors (Lipinski definition) is 0. The molecule has 1 fully saturated rings. The summed E-state index contributed by atoms with van der Waals surface area (Å²) in [4.78, 5) is 0. The lowest BCUT2D eigenvalue weighted by Crippen LogP contribution is -2.41. The fraction of sp³-hybridized carbons (Fsp3) is 0.273. The summed E-state index contributed by atoms with van der Waals surface area (Å²) in [5.74, 6) is 0. The highest BCUT2D eigenvalue weighted by molar-refractivity contribution is 6.62. The van der Waals surface area contributed by atoms with Crippen LogP contribution in [0.5, 0.6) is 0 Å². The van der Waals surface area contributed by atoms with Gasteiger partial charge in [0.25, 0.3) is 0 Å². The van der Waals surface area contributed by atoms with Crippen molar-refractivity contribution in [2.24, 2.45) is 0 Å². The molecule has 1 aliphatic heterocycles. The van der Waals surface area contributed by atoms with E-state index in [1.165, 1.54) is 0 Å². The van der Waals surface area contributed by atoms with Gasteiger partial charge < -0.3 is 9.31 Å². The minimum atomic E-state index is -0.369. The Kier molecular flexibility index (Phi) is 4.94. The molecule has 3 rings (SSSR count). The molecule has 0 atom stereocenters. The first-order valence-corrected chi connectivity index (χ1v) is 8.84. The standard InChI is InChI=1S/C22H21BN2O2/c1-21(2)22(3,4)27-23(26-21)20-11-9-19(10-12-20)18-7-5-16(6-8-18)13-17(14-24)15-25/h5-13H,1-4H3. The van der Waals surface area contributed by atoms with E-state index >= 15 is 0 Å². The molecule has 0 amide bonds. The van der Waals surface area contributed by atoms with Crippen LogP contribution in [0.25, 0.3) is 17.2 Å². The Labute approximate surface area is 160 Å². The van der Waals surface area contributed by atoms with E-state index in [0.717, 1.165) is 22.2 Å². The van der Waals surface area contributed by atoms with E-state index in [1.807, 2.05) is 88.4 Å². The Hall–Kier alpha value is -2.86. The third-order valence-electron chi connectivity index (χ3n) is 5.23. The molecule has 0 N–H and O–H groups in total. The van der Waals surface area contributed by atoms with Crippen LogP contribution in [0.1, 0.15) is 33.3 Å². The van der Waals surface area contributed by atoms with Gasteiger partial charge in [0, 0.05) is 0 Å². The fourth-order valence-corrected chi connectivity index (χ4v) is 2.84. The molecule has 2 aromatic rings. The molecule has 0 radical (unpaired) electrons. The highest BCUT2D eigenvalue weighted by atomic mass is 16.7. The molecule has 0 spiro atoms. The Morgan fingerprint density at radius 2 is 1.26 bits per heavy atom. The minimum Gasteiger partial charge on any atom is -0.399 e. The molecule has 1 heterocycles. The maximum atomic E-state index is 8.84. The maximum absolute atomic E-state index is 8.84. The van der Waals surface area contributed by atoms with Gasteiger partial charge in [-0.25, -0.2) is 0 Å². The quantitative estimate of drug-likeness (QED) is 0.614. The van der Waals surface area contributed by atoms with Crippen LogP contribution in [-0.4, -0.2) is 18.3 Å². The van der Waals surface area contributed by atoms with Gasteiger partial charge in [0.05, 0.1) is 11.2 Å². The molecule has 27 heavy (non-hydrogen) atoms. The monoisotopic (exact) mass is 356 g/mol. The average molecular weight is 356 g/mol. The summed E-state index contributed by atoms with van der Waals surface area (Å²) in [5.41, 5.74) is 3.33. The number of nitrogens with zero attached hydrogens (tertiary/aromatic N) is 2. The molecular formula is C22H21BN2O2. The molecule has 134 valence electrons. The predicted molar refractivity (Wildman–Crippen MR) is 107 cm³/mol. The minimum absolute atomic E-state index is 0.0921. The Balaban J connectivity index is 1.78. The normalized spacial score (nSPS) is 17.0. The van der Waals surface area contributed by atoms with E-state index < -0.39 is 0 Å². The van der Waals surface area contributed by atoms with Crippen LogP contribution in [0.15, 0.2) is 54.1 Å². The number of rotatable bonds is 3. The van der Waals surface area contributed by atoms with Crippen LogP contribution in [0, 0.1) is 22.7 Å². The first kappa shape index (κ1) is 18.9. The van der Waals surface area contributed by atoms with Crippen molar-refractivity contribution in [1.29, 1.82) is 10.5 Å². The van der Waals surface area contributed by atoms with Gasteiger partial charge >= 0.3 is 7.12 Å². The van der Waals surface area contributed by atoms with Gasteiger partial charge in [-0.3, -0.25) is 0 Å². The number of allylic oxidation sites excluding steroid dienone is 1. The van der Waals surface area contributed by atoms with Crippen LogP contribution in [-0.2, 0) is 9.31 Å². The molecule has 0 unspecified atom stereocenters. The lowest BCUT2D eigenvalue weighted by Gasteiger charge is -2.32. The fourth-order valence-electron chi connectivity index (χ4n) is 2.84. The summed E-state index contributed by atoms with van der Waals surface area (Å²) >= 11 is 0. The van der Waals surface area contributed by atoms with Gasteiger partial charge in [0.15, 0.2) is 0 Å². The van der Waals surface area contributed by atoms with Crippen molar-refractivity contribution in [1.82, 2.24) is 0 Å². The summed E-state index contributed by atoms with van der Waals surface area (Å²) < 4.78 is 12.2. The lowest BCUT2D eigenvalue weighted by molar-refractivity contribution is 0.00578. The largest absolute Gasteiger partial charge is 0.494 e. The maximum Gasteiger partial charge on any atom is 0.494 e. The Bertz CT molecular complexity index is 914. The lowest BCUT2D eigenvalue weighted by atomic mass is 9.78. The second kappa shape index (κ2) is 7.04. The SMILES string of the molecule is CC1(C)OB(c2ccc(-c3ccc(C=C(C#N)C#N)cc3)cc2)OC1(C)C. The number of benzene rings is 2. The highest BCUT2D eigenvalue weighted by Crippen LogP contribution is 2.36. The van der Waals surface area contributed by atoms with Gasteiger partial charge in [0.2, 0.25) is 0 Å². The van der Waals surface area contributed by atoms with E-state index in [4.69, 9.17) is 19.8 Å². The predicted octanol–water partition coefficient (Wildman–Crippen LogP) is 4.08. The zero-order valence-corrected chi connectivity index (χ0v) is 16.0. The van der Waals surface area contributed by atoms with Crippen LogP contribution in [0.2, 0.25) is 0 Å². The first-order chi connectivity index (χ1) is 12.8. The van der Waals surface area contributed by atoms with E-state index in [-0.39, 0.29) is 23.9 Å². The van der Waals surface area contributed by atoms with E-state index in [9.17, 15) is 0 Å². The van der Waals surface area contributed by atoms with Gasteiger partial charge in [0.1, 0.15) is 17.7 Å². The van der Waals surface area contributed by atoms with Crippen molar-refractivity contribution in [3.63, 3.8) is 0 Å². The number of nitriles is 2. The van der Waals surface area contributed by atoms with E-state index in [1.54, 1.807) is 6.08 Å². The molecule has 5 heteroatoms. The molecule has 0 saturated carbocycles. The van der Waals surface area contributed by atoms with E-state index in [2.05, 4.69) is 0 Å². The molecule has 2 aromatic carbocycles. The first-order valence-electron chi connectivity index (χ1n) is 8.84. The van der Waals surface area contributed by atoms with Gasteiger partial charge in [-0.05, 0) is 55.9 Å². The van der Waals surface area contributed by atoms with Gasteiger partial charge in [-0.2, -0.15) is 10.5 Å². The number of hydrogen-bond acceptors (Lipinski definition) is 4. The zero-order valence-electron chi connectivity index (χ0n) is 16.0. The third-order valence-corrected chi connectivity index (χ3v) is 5.23. The summed E-state index contributed by atoms with van der Waals surface area (Å²) in [6.07, 6.45) is 1.57. The molecule has 0 bridgehead atoms. The second-order valence-corrected chi connectivity index (χ2v) is 7.61. The summed E-state index contributed by atoms with van der Waals surface area (Å²) in [6, 6.07) is 19.6. The molecular weight excluding hydrogens is 335 g/mol. The average Bonchev–Trinajstić information content (AvgIpc) is 2.88. The van der Waals surface area contributed by atoms with Crippen LogP contribution < -0.4 is 5.46 Å². The highest BCUT2D eigenvalue weighted by Gasteiger charge is 2.51. The van der Waals surface area contributed by atoms with Crippen molar-refractivity contribution < 1.29 is 9.31 Å². The smallest absolute Gasteiger partial charge is 0.399 e. The van der Waals surface area contributed by atoms with Gasteiger partial charge in [-0.1, -0.05) is 48.5 Å². The summed E-state index contributed by atoms with van der Waals surface area (Å²) in [5, 5.41) is 17.7. The van der Waals surface area contributed by atoms with Crippen molar-refractivity contribution in [2.75, 3.05) is 0 Å². The Morgan fingerprint density at radius 1 is 0.815 bits per heavy atom. The van der Waals surface area contributed by atoms with Crippen molar-refractivity contribution in [3.8, 4) is 23.3 Å². The molecule has 1 aliphatic rings. The summed E-state index contributed by atoms with van der Waals surface area (Å²) in [6.45, 7) is 8.17. The van der Waals surface area contributed by atoms with Crippen molar-refractivity contribution in [2.45, 2.75) is 38.9 Å². The zero-order chi connectivity index (χ0) is 19.7. The molecule has 0 aromatic heterocycles. The van der Waals surface area contributed by atoms with Crippen LogP contribution >= 0.6 is 0 Å². The van der Waals surface area contributed by atoms with Gasteiger partial charge in [-0.15, -0.1) is 0 Å². The molecule has 0 aliphatic carbocycles. The topological polar surface area (TPSA) is 66.0 Å². The van der Waals surface area contributed by atoms with Crippen molar-refractivity contribution >= 4 is 18.7 Å². The van der Waals surface area contributed by atoms with E-state index in [0.29, 0.717) is 0 Å². The second-order valence-electron chi connectivity index (χ2n) is 7.61. The Morgan fingerprint density at radius 3 is 1.70 bits per heavy atom. The summed E-state index contributed by atoms with van der Waals surface area (Å²) in [7, 11) is -0.369. The van der Waals surface area contributed by atoms with Crippen molar-refractivity contribution in [3.05, 3.63) is 59.7 Å². The molecule has 4 nitrogen and oxygen atoms in total.